The fourth-order valence-electron chi connectivity index (χ4n) is 3.71. The fourth-order valence-corrected chi connectivity index (χ4v) is 3.71. The van der Waals surface area contributed by atoms with Crippen molar-refractivity contribution < 1.29 is 5.11 Å². The van der Waals surface area contributed by atoms with Crippen LogP contribution in [-0.4, -0.2) is 11.7 Å². The van der Waals surface area contributed by atoms with Crippen LogP contribution >= 0.6 is 0 Å². The van der Waals surface area contributed by atoms with Crippen LogP contribution in [0.25, 0.3) is 0 Å². The molecule has 0 aliphatic heterocycles. The van der Waals surface area contributed by atoms with Gasteiger partial charge in [-0.1, -0.05) is 52.7 Å². The Hall–Kier alpha value is -0.300. The number of allylic oxidation sites excluding steroid dienone is 1. The molecule has 1 nitrogen and oxygen atoms in total. The summed E-state index contributed by atoms with van der Waals surface area (Å²) in [7, 11) is 0. The molecule has 0 amide bonds. The monoisotopic (exact) mass is 238 g/mol. The topological polar surface area (TPSA) is 20.2 Å². The molecule has 0 bridgehead atoms. The molecule has 1 heteroatoms. The molecule has 0 aromatic heterocycles. The van der Waals surface area contributed by atoms with Crippen molar-refractivity contribution in [3.05, 3.63) is 12.2 Å². The molecule has 3 atom stereocenters. The van der Waals surface area contributed by atoms with E-state index in [9.17, 15) is 5.11 Å². The molecule has 1 saturated carbocycles. The fraction of sp³-hybridized carbons (Fsp3) is 0.875. The smallest absolute Gasteiger partial charge is 0.0462 e. The molecule has 1 fully saturated rings. The molecule has 0 radical (unpaired) electrons. The van der Waals surface area contributed by atoms with Gasteiger partial charge < -0.3 is 5.11 Å². The number of aliphatic hydroxyl groups is 1. The predicted molar refractivity (Wildman–Crippen MR) is 74.9 cm³/mol. The second kappa shape index (κ2) is 6.04. The largest absolute Gasteiger partial charge is 0.396 e. The van der Waals surface area contributed by atoms with E-state index in [1.165, 1.54) is 24.8 Å². The SMILES string of the molecule is C=C(CC(CC)CO)[C@H]1CC[C@@H](CC)C1(C)C. The van der Waals surface area contributed by atoms with Crippen LogP contribution in [0.4, 0.5) is 0 Å². The third kappa shape index (κ3) is 3.13. The lowest BCUT2D eigenvalue weighted by Crippen LogP contribution is -2.26. The Morgan fingerprint density at radius 3 is 2.41 bits per heavy atom. The Bertz CT molecular complexity index is 250. The van der Waals surface area contributed by atoms with Gasteiger partial charge in [0.2, 0.25) is 0 Å². The summed E-state index contributed by atoms with van der Waals surface area (Å²) in [6, 6.07) is 0. The van der Waals surface area contributed by atoms with Gasteiger partial charge in [0, 0.05) is 6.61 Å². The van der Waals surface area contributed by atoms with Gasteiger partial charge in [-0.05, 0) is 42.4 Å². The summed E-state index contributed by atoms with van der Waals surface area (Å²) in [5.74, 6) is 1.92. The minimum Gasteiger partial charge on any atom is -0.396 e. The number of aliphatic hydroxyl groups excluding tert-OH is 1. The maximum Gasteiger partial charge on any atom is 0.0462 e. The van der Waals surface area contributed by atoms with E-state index in [4.69, 9.17) is 0 Å². The van der Waals surface area contributed by atoms with Gasteiger partial charge in [-0.15, -0.1) is 0 Å². The lowest BCUT2D eigenvalue weighted by atomic mass is 9.70. The summed E-state index contributed by atoms with van der Waals surface area (Å²) in [5, 5.41) is 9.30. The van der Waals surface area contributed by atoms with Crippen LogP contribution in [0.5, 0.6) is 0 Å². The number of hydrogen-bond acceptors (Lipinski definition) is 1. The summed E-state index contributed by atoms with van der Waals surface area (Å²) < 4.78 is 0. The first-order chi connectivity index (χ1) is 7.97. The number of hydrogen-bond donors (Lipinski definition) is 1. The van der Waals surface area contributed by atoms with E-state index in [-0.39, 0.29) is 0 Å². The molecule has 100 valence electrons. The molecule has 0 saturated heterocycles. The van der Waals surface area contributed by atoms with Crippen molar-refractivity contribution in [3.63, 3.8) is 0 Å². The molecule has 1 N–H and O–H groups in total. The van der Waals surface area contributed by atoms with Crippen LogP contribution in [0, 0.1) is 23.2 Å². The van der Waals surface area contributed by atoms with E-state index in [0.29, 0.717) is 23.9 Å². The van der Waals surface area contributed by atoms with E-state index in [1.54, 1.807) is 0 Å². The van der Waals surface area contributed by atoms with Gasteiger partial charge in [0.05, 0.1) is 0 Å². The number of rotatable bonds is 6. The van der Waals surface area contributed by atoms with Gasteiger partial charge in [0.15, 0.2) is 0 Å². The minimum atomic E-state index is 0.305. The lowest BCUT2D eigenvalue weighted by molar-refractivity contribution is 0.186. The van der Waals surface area contributed by atoms with Crippen LogP contribution in [0.2, 0.25) is 0 Å². The molecule has 1 unspecified atom stereocenters. The van der Waals surface area contributed by atoms with Gasteiger partial charge in [-0.25, -0.2) is 0 Å². The van der Waals surface area contributed by atoms with Gasteiger partial charge in [-0.3, -0.25) is 0 Å². The first-order valence-electron chi connectivity index (χ1n) is 7.25. The quantitative estimate of drug-likeness (QED) is 0.679. The Morgan fingerprint density at radius 1 is 1.35 bits per heavy atom. The van der Waals surface area contributed by atoms with E-state index in [0.717, 1.165) is 18.8 Å². The van der Waals surface area contributed by atoms with Crippen LogP contribution in [0.3, 0.4) is 0 Å². The van der Waals surface area contributed by atoms with Crippen molar-refractivity contribution in [2.75, 3.05) is 6.61 Å². The minimum absolute atomic E-state index is 0.305. The van der Waals surface area contributed by atoms with Crippen molar-refractivity contribution in [3.8, 4) is 0 Å². The zero-order valence-corrected chi connectivity index (χ0v) is 12.1. The van der Waals surface area contributed by atoms with Gasteiger partial charge in [-0.2, -0.15) is 0 Å². The maximum absolute atomic E-state index is 9.30. The Kier molecular flexibility index (Phi) is 5.24. The molecular formula is C16H30O. The third-order valence-corrected chi connectivity index (χ3v) is 5.13. The highest BCUT2D eigenvalue weighted by atomic mass is 16.3. The molecule has 0 spiro atoms. The predicted octanol–water partition coefficient (Wildman–Crippen LogP) is 4.41. The Balaban J connectivity index is 2.64. The van der Waals surface area contributed by atoms with E-state index in [1.807, 2.05) is 0 Å². The highest BCUT2D eigenvalue weighted by Gasteiger charge is 2.42. The Morgan fingerprint density at radius 2 is 2.00 bits per heavy atom. The van der Waals surface area contributed by atoms with Gasteiger partial charge >= 0.3 is 0 Å². The molecule has 17 heavy (non-hydrogen) atoms. The van der Waals surface area contributed by atoms with Crippen LogP contribution < -0.4 is 0 Å². The zero-order chi connectivity index (χ0) is 13.1. The highest BCUT2D eigenvalue weighted by Crippen LogP contribution is 2.52. The van der Waals surface area contributed by atoms with E-state index >= 15 is 0 Å². The standard InChI is InChI=1S/C16H30O/c1-6-13(11-17)10-12(3)15-9-8-14(7-2)16(15,4)5/h13-15,17H,3,6-11H2,1-2,4-5H3/t13?,14-,15-/m1/s1. The summed E-state index contributed by atoms with van der Waals surface area (Å²) in [4.78, 5) is 0. The average molecular weight is 238 g/mol. The highest BCUT2D eigenvalue weighted by molar-refractivity contribution is 5.11. The molecule has 1 aliphatic carbocycles. The lowest BCUT2D eigenvalue weighted by Gasteiger charge is -2.34. The molecule has 1 aliphatic rings. The second-order valence-electron chi connectivity index (χ2n) is 6.38. The van der Waals surface area contributed by atoms with E-state index < -0.39 is 0 Å². The third-order valence-electron chi connectivity index (χ3n) is 5.13. The van der Waals surface area contributed by atoms with E-state index in [2.05, 4.69) is 34.3 Å². The Labute approximate surface area is 107 Å². The van der Waals surface area contributed by atoms with Crippen LogP contribution in [-0.2, 0) is 0 Å². The second-order valence-corrected chi connectivity index (χ2v) is 6.38. The summed E-state index contributed by atoms with van der Waals surface area (Å²) in [6.45, 7) is 13.9. The normalized spacial score (nSPS) is 29.2. The first-order valence-corrected chi connectivity index (χ1v) is 7.25. The zero-order valence-electron chi connectivity index (χ0n) is 12.1. The molecule has 1 rings (SSSR count). The summed E-state index contributed by atoms with van der Waals surface area (Å²) in [6.07, 6.45) is 6.00. The molecule has 0 aromatic rings. The molecular weight excluding hydrogens is 208 g/mol. The van der Waals surface area contributed by atoms with Crippen molar-refractivity contribution in [1.29, 1.82) is 0 Å². The van der Waals surface area contributed by atoms with Crippen LogP contribution in [0.1, 0.15) is 59.8 Å². The van der Waals surface area contributed by atoms with Crippen molar-refractivity contribution in [2.24, 2.45) is 23.2 Å². The van der Waals surface area contributed by atoms with Gasteiger partial charge in [0.1, 0.15) is 0 Å². The molecule has 0 aromatic carbocycles. The maximum atomic E-state index is 9.30. The summed E-state index contributed by atoms with van der Waals surface area (Å²) >= 11 is 0. The molecule has 0 heterocycles. The van der Waals surface area contributed by atoms with Crippen molar-refractivity contribution in [1.82, 2.24) is 0 Å². The van der Waals surface area contributed by atoms with Crippen LogP contribution in [0.15, 0.2) is 12.2 Å². The average Bonchev–Trinajstić information content (AvgIpc) is 2.60. The van der Waals surface area contributed by atoms with Crippen molar-refractivity contribution >= 4 is 0 Å². The summed E-state index contributed by atoms with van der Waals surface area (Å²) in [5.41, 5.74) is 1.78. The van der Waals surface area contributed by atoms with Crippen molar-refractivity contribution in [2.45, 2.75) is 59.8 Å². The first kappa shape index (κ1) is 14.8. The van der Waals surface area contributed by atoms with Gasteiger partial charge in [0.25, 0.3) is 0 Å².